The van der Waals surface area contributed by atoms with Crippen molar-refractivity contribution >= 4 is 27.7 Å². The van der Waals surface area contributed by atoms with Gasteiger partial charge in [0.2, 0.25) is 0 Å². The smallest absolute Gasteiger partial charge is 0.344 e. The number of ether oxygens (including phenoxy) is 2. The zero-order chi connectivity index (χ0) is 33.6. The highest BCUT2D eigenvalue weighted by molar-refractivity contribution is 6.04. The zero-order valence-electron chi connectivity index (χ0n) is 29.9. The molecule has 0 aliphatic heterocycles. The molecule has 3 saturated carbocycles. The number of hydrogen-bond acceptors (Lipinski definition) is 5. The Morgan fingerprint density at radius 1 is 0.938 bits per heavy atom. The van der Waals surface area contributed by atoms with Gasteiger partial charge in [-0.1, -0.05) is 83.7 Å². The number of carbonyl (C=O) groups excluding carboxylic acids is 1. The lowest BCUT2D eigenvalue weighted by atomic mass is 9.44. The predicted octanol–water partition coefficient (Wildman–Crippen LogP) is 10.7. The van der Waals surface area contributed by atoms with E-state index in [0.717, 1.165) is 65.5 Å². The molecule has 0 unspecified atom stereocenters. The van der Waals surface area contributed by atoms with Crippen molar-refractivity contribution in [1.82, 2.24) is 0 Å². The van der Waals surface area contributed by atoms with Crippen LogP contribution in [0.5, 0.6) is 5.75 Å². The number of fused-ring (bicyclic) bond motifs is 8. The summed E-state index contributed by atoms with van der Waals surface area (Å²) in [5.41, 5.74) is 2.32. The van der Waals surface area contributed by atoms with Gasteiger partial charge in [-0.25, -0.2) is 9.59 Å². The second-order valence-electron chi connectivity index (χ2n) is 17.0. The molecule has 0 saturated heterocycles. The summed E-state index contributed by atoms with van der Waals surface area (Å²) in [4.78, 5) is 25.4. The van der Waals surface area contributed by atoms with Crippen LogP contribution in [0, 0.1) is 46.3 Å². The summed E-state index contributed by atoms with van der Waals surface area (Å²) in [6, 6.07) is 12.8. The van der Waals surface area contributed by atoms with Crippen LogP contribution in [0.15, 0.2) is 63.3 Å². The van der Waals surface area contributed by atoms with Crippen molar-refractivity contribution in [2.45, 2.75) is 118 Å². The third-order valence-corrected chi connectivity index (χ3v) is 13.6. The first-order chi connectivity index (χ1) is 23.0. The average Bonchev–Trinajstić information content (AvgIpc) is 3.06. The zero-order valence-corrected chi connectivity index (χ0v) is 29.9. The highest BCUT2D eigenvalue weighted by atomic mass is 16.6. The molecule has 4 aliphatic carbocycles. The molecule has 7 rings (SSSR count). The average molecular weight is 653 g/mol. The molecule has 5 nitrogen and oxygen atoms in total. The van der Waals surface area contributed by atoms with E-state index < -0.39 is 0 Å². The van der Waals surface area contributed by atoms with Crippen molar-refractivity contribution in [3.63, 3.8) is 0 Å². The van der Waals surface area contributed by atoms with Crippen LogP contribution < -0.4 is 10.4 Å². The van der Waals surface area contributed by atoms with E-state index >= 15 is 0 Å². The molecule has 0 radical (unpaired) electrons. The summed E-state index contributed by atoms with van der Waals surface area (Å²) in [6.45, 7) is 12.3. The van der Waals surface area contributed by atoms with Crippen LogP contribution >= 0.6 is 0 Å². The fraction of sp³-hybridized carbons (Fsp3) is 0.628. The molecule has 2 aromatic carbocycles. The molecule has 48 heavy (non-hydrogen) atoms. The summed E-state index contributed by atoms with van der Waals surface area (Å²) >= 11 is 0. The molecular weight excluding hydrogens is 596 g/mol. The molecule has 5 heteroatoms. The lowest BCUT2D eigenvalue weighted by Gasteiger charge is -2.61. The lowest BCUT2D eigenvalue weighted by molar-refractivity contribution is -0.154. The van der Waals surface area contributed by atoms with Crippen LogP contribution in [-0.4, -0.2) is 18.7 Å². The van der Waals surface area contributed by atoms with Crippen LogP contribution in [0.3, 0.4) is 0 Å². The van der Waals surface area contributed by atoms with Gasteiger partial charge in [0.05, 0.1) is 5.39 Å². The fourth-order valence-electron chi connectivity index (χ4n) is 10.9. The molecule has 3 aromatic rings. The van der Waals surface area contributed by atoms with Gasteiger partial charge in [-0.15, -0.1) is 0 Å². The SMILES string of the molecule is CC(C)CCC[C@@H](C)[C@H]1CC[C@H]2[C@H]3CC=C4C[C@@H](OC(=O)COc5ccc6c(c5)oc(=O)c5ccccc56)CC[C@]4(C)[C@@H]3CC[C@]2(C)C1. The Kier molecular flexibility index (Phi) is 9.28. The van der Waals surface area contributed by atoms with Gasteiger partial charge in [-0.2, -0.15) is 0 Å². The molecular formula is C43H56O5. The van der Waals surface area contributed by atoms with Crippen molar-refractivity contribution < 1.29 is 18.7 Å². The Hall–Kier alpha value is -3.08. The quantitative estimate of drug-likeness (QED) is 0.0996. The molecule has 1 aromatic heterocycles. The Morgan fingerprint density at radius 3 is 2.56 bits per heavy atom. The second kappa shape index (κ2) is 13.3. The van der Waals surface area contributed by atoms with E-state index in [1.54, 1.807) is 12.1 Å². The first-order valence-electron chi connectivity index (χ1n) is 19.0. The number of benzene rings is 2. The van der Waals surface area contributed by atoms with Gasteiger partial charge in [0.25, 0.3) is 0 Å². The van der Waals surface area contributed by atoms with E-state index in [2.05, 4.69) is 40.7 Å². The highest BCUT2D eigenvalue weighted by Gasteiger charge is 2.56. The highest BCUT2D eigenvalue weighted by Crippen LogP contribution is 2.65. The predicted molar refractivity (Wildman–Crippen MR) is 193 cm³/mol. The monoisotopic (exact) mass is 652 g/mol. The summed E-state index contributed by atoms with van der Waals surface area (Å²) in [7, 11) is 0. The maximum atomic E-state index is 13.0. The van der Waals surface area contributed by atoms with Gasteiger partial charge in [0, 0.05) is 17.9 Å². The van der Waals surface area contributed by atoms with E-state index in [9.17, 15) is 9.59 Å². The van der Waals surface area contributed by atoms with Crippen molar-refractivity contribution in [2.75, 3.05) is 6.61 Å². The number of allylic oxidation sites excluding steroid dienone is 1. The molecule has 258 valence electrons. The maximum Gasteiger partial charge on any atom is 0.344 e. The fourth-order valence-corrected chi connectivity index (χ4v) is 10.9. The van der Waals surface area contributed by atoms with Crippen molar-refractivity contribution in [3.8, 4) is 5.75 Å². The van der Waals surface area contributed by atoms with Gasteiger partial charge in [0.15, 0.2) is 6.61 Å². The number of hydrogen-bond donors (Lipinski definition) is 0. The minimum absolute atomic E-state index is 0.0977. The van der Waals surface area contributed by atoms with Crippen LogP contribution in [0.25, 0.3) is 21.7 Å². The summed E-state index contributed by atoms with van der Waals surface area (Å²) in [5, 5.41) is 2.23. The molecule has 0 spiro atoms. The van der Waals surface area contributed by atoms with E-state index in [1.165, 1.54) is 63.4 Å². The number of carbonyl (C=O) groups is 1. The van der Waals surface area contributed by atoms with Gasteiger partial charge < -0.3 is 13.9 Å². The van der Waals surface area contributed by atoms with E-state index in [4.69, 9.17) is 13.9 Å². The van der Waals surface area contributed by atoms with Gasteiger partial charge >= 0.3 is 11.6 Å². The third-order valence-electron chi connectivity index (χ3n) is 13.6. The molecule has 3 fully saturated rings. The van der Waals surface area contributed by atoms with Crippen molar-refractivity contribution in [2.24, 2.45) is 46.3 Å². The lowest BCUT2D eigenvalue weighted by Crippen LogP contribution is -2.52. The van der Waals surface area contributed by atoms with Gasteiger partial charge in [-0.3, -0.25) is 0 Å². The van der Waals surface area contributed by atoms with Crippen LogP contribution in [0.1, 0.15) is 112 Å². The Labute approximate surface area is 286 Å². The summed E-state index contributed by atoms with van der Waals surface area (Å²) in [5.74, 6) is 5.10. The number of rotatable bonds is 9. The second-order valence-corrected chi connectivity index (χ2v) is 17.0. The van der Waals surface area contributed by atoms with Crippen molar-refractivity contribution in [1.29, 1.82) is 0 Å². The normalized spacial score (nSPS) is 32.2. The standard InChI is InChI=1S/C43H56O5/c1-27(2)9-8-10-28(3)29-13-18-37-36-16-14-30-23-32(19-22-43(30,5)38(36)20-21-42(37,4)25-29)47-40(44)26-46-31-15-17-34-33-11-6-7-12-35(33)41(45)48-39(34)24-31/h6-7,11-12,14-15,17,24,27-29,32,36-38H,8-10,13,16,18-23,25-26H2,1-5H3/t28-,29+,32+,36-,37+,38-,42-,43+/m1/s1. The van der Waals surface area contributed by atoms with Crippen molar-refractivity contribution in [3.05, 3.63) is 64.5 Å². The Morgan fingerprint density at radius 2 is 1.75 bits per heavy atom. The maximum absolute atomic E-state index is 13.0. The van der Waals surface area contributed by atoms with Crippen LogP contribution in [0.2, 0.25) is 0 Å². The molecule has 4 aliphatic rings. The molecule has 0 amide bonds. The summed E-state index contributed by atoms with van der Waals surface area (Å²) in [6.07, 6.45) is 17.7. The molecule has 8 atom stereocenters. The topological polar surface area (TPSA) is 65.7 Å². The van der Waals surface area contributed by atoms with Gasteiger partial charge in [-0.05, 0) is 121 Å². The Bertz CT molecular complexity index is 1730. The molecule has 0 N–H and O–H groups in total. The molecule has 1 heterocycles. The largest absolute Gasteiger partial charge is 0.482 e. The minimum Gasteiger partial charge on any atom is -0.482 e. The Balaban J connectivity index is 0.947. The first-order valence-corrected chi connectivity index (χ1v) is 19.0. The number of esters is 1. The van der Waals surface area contributed by atoms with E-state index in [0.29, 0.717) is 22.1 Å². The third kappa shape index (κ3) is 6.36. The van der Waals surface area contributed by atoms with E-state index in [1.807, 2.05) is 30.3 Å². The van der Waals surface area contributed by atoms with E-state index in [-0.39, 0.29) is 29.7 Å². The van der Waals surface area contributed by atoms with Gasteiger partial charge in [0.1, 0.15) is 17.4 Å². The molecule has 0 bridgehead atoms. The van der Waals surface area contributed by atoms with Crippen LogP contribution in [-0.2, 0) is 9.53 Å². The first kappa shape index (κ1) is 33.4. The van der Waals surface area contributed by atoms with Crippen LogP contribution in [0.4, 0.5) is 0 Å². The summed E-state index contributed by atoms with van der Waals surface area (Å²) < 4.78 is 17.4. The minimum atomic E-state index is -0.380.